The highest BCUT2D eigenvalue weighted by molar-refractivity contribution is 5.87. The van der Waals surface area contributed by atoms with E-state index in [1.54, 1.807) is 6.08 Å². The van der Waals surface area contributed by atoms with Crippen LogP contribution in [-0.4, -0.2) is 31.0 Å². The van der Waals surface area contributed by atoms with Gasteiger partial charge in [0.25, 0.3) is 0 Å². The SMILES string of the molecule is CN(C)C1CCc2ccccc2C1OC(=O)/C=C/c1ccccc1.Cl. The molecule has 0 heterocycles. The Labute approximate surface area is 155 Å². The largest absolute Gasteiger partial charge is 0.453 e. The van der Waals surface area contributed by atoms with Crippen molar-refractivity contribution in [2.45, 2.75) is 25.0 Å². The van der Waals surface area contributed by atoms with Crippen molar-refractivity contribution in [3.05, 3.63) is 77.4 Å². The smallest absolute Gasteiger partial charge is 0.331 e. The fourth-order valence-corrected chi connectivity index (χ4v) is 3.27. The number of rotatable bonds is 4. The molecule has 0 N–H and O–H groups in total. The molecule has 2 unspecified atom stereocenters. The lowest BCUT2D eigenvalue weighted by atomic mass is 9.85. The van der Waals surface area contributed by atoms with Gasteiger partial charge in [0.2, 0.25) is 0 Å². The van der Waals surface area contributed by atoms with E-state index in [4.69, 9.17) is 4.74 Å². The summed E-state index contributed by atoms with van der Waals surface area (Å²) in [5.74, 6) is -0.299. The average molecular weight is 358 g/mol. The third-order valence-electron chi connectivity index (χ3n) is 4.54. The minimum Gasteiger partial charge on any atom is -0.453 e. The molecule has 3 rings (SSSR count). The third-order valence-corrected chi connectivity index (χ3v) is 4.54. The molecule has 0 spiro atoms. The van der Waals surface area contributed by atoms with Gasteiger partial charge in [-0.2, -0.15) is 0 Å². The second-order valence-corrected chi connectivity index (χ2v) is 6.37. The van der Waals surface area contributed by atoms with Gasteiger partial charge in [-0.1, -0.05) is 54.6 Å². The fraction of sp³-hybridized carbons (Fsp3) is 0.286. The topological polar surface area (TPSA) is 29.5 Å². The van der Waals surface area contributed by atoms with Crippen molar-refractivity contribution in [1.29, 1.82) is 0 Å². The molecule has 1 aliphatic rings. The Morgan fingerprint density at radius 3 is 2.48 bits per heavy atom. The zero-order chi connectivity index (χ0) is 16.9. The second kappa shape index (κ2) is 8.84. The molecule has 0 saturated heterocycles. The molecule has 3 nitrogen and oxygen atoms in total. The normalized spacial score (nSPS) is 19.3. The van der Waals surface area contributed by atoms with Gasteiger partial charge in [0.05, 0.1) is 6.04 Å². The number of halogens is 1. The van der Waals surface area contributed by atoms with E-state index in [1.807, 2.05) is 56.6 Å². The lowest BCUT2D eigenvalue weighted by molar-refractivity contribution is -0.147. The molecule has 0 aromatic heterocycles. The number of fused-ring (bicyclic) bond motifs is 1. The zero-order valence-electron chi connectivity index (χ0n) is 14.6. The van der Waals surface area contributed by atoms with E-state index < -0.39 is 0 Å². The first kappa shape index (κ1) is 19.2. The quantitative estimate of drug-likeness (QED) is 0.604. The Morgan fingerprint density at radius 2 is 1.76 bits per heavy atom. The molecule has 0 fully saturated rings. The number of esters is 1. The molecule has 0 bridgehead atoms. The molecule has 1 aliphatic carbocycles. The molecule has 0 amide bonds. The Morgan fingerprint density at radius 1 is 1.08 bits per heavy atom. The maximum atomic E-state index is 12.3. The Hall–Kier alpha value is -2.10. The van der Waals surface area contributed by atoms with Gasteiger partial charge in [0, 0.05) is 6.08 Å². The first-order chi connectivity index (χ1) is 11.6. The Kier molecular flexibility index (Phi) is 6.80. The van der Waals surface area contributed by atoms with Gasteiger partial charge in [-0.3, -0.25) is 0 Å². The number of aryl methyl sites for hydroxylation is 1. The van der Waals surface area contributed by atoms with E-state index in [9.17, 15) is 4.79 Å². The van der Waals surface area contributed by atoms with Crippen LogP contribution in [0.5, 0.6) is 0 Å². The molecule has 0 saturated carbocycles. The standard InChI is InChI=1S/C21H23NO2.ClH/c1-22(2)19-14-13-17-10-6-7-11-18(17)21(19)24-20(23)15-12-16-8-4-3-5-9-16;/h3-12,15,19,21H,13-14H2,1-2H3;1H/b15-12+;. The molecule has 0 radical (unpaired) electrons. The summed E-state index contributed by atoms with van der Waals surface area (Å²) in [4.78, 5) is 14.5. The van der Waals surface area contributed by atoms with Crippen molar-refractivity contribution >= 4 is 24.5 Å². The highest BCUT2D eigenvalue weighted by atomic mass is 35.5. The maximum absolute atomic E-state index is 12.3. The van der Waals surface area contributed by atoms with E-state index in [2.05, 4.69) is 17.0 Å². The minimum atomic E-state index is -0.299. The first-order valence-electron chi connectivity index (χ1n) is 8.33. The van der Waals surface area contributed by atoms with Crippen LogP contribution < -0.4 is 0 Å². The van der Waals surface area contributed by atoms with E-state index >= 15 is 0 Å². The molecular weight excluding hydrogens is 334 g/mol. The minimum absolute atomic E-state index is 0. The number of hydrogen-bond acceptors (Lipinski definition) is 3. The maximum Gasteiger partial charge on any atom is 0.331 e. The molecule has 0 aliphatic heterocycles. The monoisotopic (exact) mass is 357 g/mol. The number of likely N-dealkylation sites (N-methyl/N-ethyl adjacent to an activating group) is 1. The van der Waals surface area contributed by atoms with Crippen molar-refractivity contribution < 1.29 is 9.53 Å². The van der Waals surface area contributed by atoms with Crippen LogP contribution in [0.1, 0.15) is 29.2 Å². The molecule has 2 aromatic carbocycles. The van der Waals surface area contributed by atoms with Gasteiger partial charge in [-0.05, 0) is 49.7 Å². The zero-order valence-corrected chi connectivity index (χ0v) is 15.4. The number of nitrogens with zero attached hydrogens (tertiary/aromatic N) is 1. The van der Waals surface area contributed by atoms with Gasteiger partial charge < -0.3 is 9.64 Å². The van der Waals surface area contributed by atoms with E-state index in [0.717, 1.165) is 24.0 Å². The third kappa shape index (κ3) is 4.71. The summed E-state index contributed by atoms with van der Waals surface area (Å²) in [6, 6.07) is 18.2. The van der Waals surface area contributed by atoms with Crippen molar-refractivity contribution in [3.8, 4) is 0 Å². The van der Waals surface area contributed by atoms with Crippen LogP contribution >= 0.6 is 12.4 Å². The fourth-order valence-electron chi connectivity index (χ4n) is 3.27. The van der Waals surface area contributed by atoms with Crippen LogP contribution in [0.25, 0.3) is 6.08 Å². The summed E-state index contributed by atoms with van der Waals surface area (Å²) in [5, 5.41) is 0. The van der Waals surface area contributed by atoms with E-state index in [1.165, 1.54) is 11.6 Å². The average Bonchev–Trinajstić information content (AvgIpc) is 2.61. The summed E-state index contributed by atoms with van der Waals surface area (Å²) in [6.07, 6.45) is 5.09. The summed E-state index contributed by atoms with van der Waals surface area (Å²) < 4.78 is 5.85. The highest BCUT2D eigenvalue weighted by Gasteiger charge is 2.33. The summed E-state index contributed by atoms with van der Waals surface area (Å²) in [7, 11) is 4.08. The number of ether oxygens (including phenoxy) is 1. The number of benzene rings is 2. The van der Waals surface area contributed by atoms with Crippen LogP contribution in [0.3, 0.4) is 0 Å². The predicted molar refractivity (Wildman–Crippen MR) is 104 cm³/mol. The second-order valence-electron chi connectivity index (χ2n) is 6.37. The predicted octanol–water partition coefficient (Wildman–Crippen LogP) is 4.28. The Balaban J connectivity index is 0.00000225. The molecule has 2 aromatic rings. The van der Waals surface area contributed by atoms with Crippen LogP contribution in [0.2, 0.25) is 0 Å². The number of hydrogen-bond donors (Lipinski definition) is 0. The van der Waals surface area contributed by atoms with Crippen LogP contribution in [0.15, 0.2) is 60.7 Å². The molecule has 2 atom stereocenters. The van der Waals surface area contributed by atoms with Crippen molar-refractivity contribution in [2.75, 3.05) is 14.1 Å². The van der Waals surface area contributed by atoms with Crippen LogP contribution in [0.4, 0.5) is 0 Å². The van der Waals surface area contributed by atoms with Crippen molar-refractivity contribution in [2.24, 2.45) is 0 Å². The Bertz CT molecular complexity index is 728. The van der Waals surface area contributed by atoms with Gasteiger partial charge in [0.1, 0.15) is 6.10 Å². The molecule has 4 heteroatoms. The highest BCUT2D eigenvalue weighted by Crippen LogP contribution is 2.35. The van der Waals surface area contributed by atoms with Gasteiger partial charge >= 0.3 is 5.97 Å². The van der Waals surface area contributed by atoms with Crippen molar-refractivity contribution in [3.63, 3.8) is 0 Å². The van der Waals surface area contributed by atoms with Gasteiger partial charge in [-0.15, -0.1) is 12.4 Å². The lowest BCUT2D eigenvalue weighted by Crippen LogP contribution is -2.39. The van der Waals surface area contributed by atoms with Crippen LogP contribution in [0, 0.1) is 0 Å². The molecule has 25 heavy (non-hydrogen) atoms. The van der Waals surface area contributed by atoms with Gasteiger partial charge in [-0.25, -0.2) is 4.79 Å². The summed E-state index contributed by atoms with van der Waals surface area (Å²) in [5.41, 5.74) is 3.40. The molecule has 132 valence electrons. The lowest BCUT2D eigenvalue weighted by Gasteiger charge is -2.36. The summed E-state index contributed by atoms with van der Waals surface area (Å²) in [6.45, 7) is 0. The molecular formula is C21H24ClNO2. The van der Waals surface area contributed by atoms with Gasteiger partial charge in [0.15, 0.2) is 0 Å². The summed E-state index contributed by atoms with van der Waals surface area (Å²) >= 11 is 0. The van der Waals surface area contributed by atoms with Crippen LogP contribution in [-0.2, 0) is 16.0 Å². The van der Waals surface area contributed by atoms with Crippen molar-refractivity contribution in [1.82, 2.24) is 4.90 Å². The van der Waals surface area contributed by atoms with E-state index in [0.29, 0.717) is 0 Å². The first-order valence-corrected chi connectivity index (χ1v) is 8.33. The number of carbonyl (C=O) groups is 1. The number of carbonyl (C=O) groups excluding carboxylic acids is 1. The van der Waals surface area contributed by atoms with E-state index in [-0.39, 0.29) is 30.5 Å².